The summed E-state index contributed by atoms with van der Waals surface area (Å²) in [6, 6.07) is 7.80. The van der Waals surface area contributed by atoms with Crippen molar-refractivity contribution in [2.75, 3.05) is 12.3 Å². The molecule has 3 heteroatoms. The normalized spacial score (nSPS) is 10.3. The lowest BCUT2D eigenvalue weighted by atomic mass is 10.1. The smallest absolute Gasteiger partial charge is 0.220 e. The predicted molar refractivity (Wildman–Crippen MR) is 76.3 cm³/mol. The largest absolute Gasteiger partial charge is 0.399 e. The molecule has 0 aromatic heterocycles. The number of hydrogen-bond donors (Lipinski definition) is 2. The van der Waals surface area contributed by atoms with E-state index >= 15 is 0 Å². The molecule has 1 aromatic rings. The number of nitrogens with two attached hydrogens (primary N) is 1. The number of rotatable bonds is 8. The number of nitrogen functional groups attached to an aromatic ring is 1. The number of carbonyl (C=O) groups excluding carboxylic acids is 1. The highest BCUT2D eigenvalue weighted by Crippen LogP contribution is 2.06. The minimum absolute atomic E-state index is 0.162. The molecule has 0 saturated carbocycles. The van der Waals surface area contributed by atoms with E-state index in [-0.39, 0.29) is 5.91 Å². The van der Waals surface area contributed by atoms with Gasteiger partial charge in [0.25, 0.3) is 0 Å². The highest BCUT2D eigenvalue weighted by Gasteiger charge is 2.00. The molecule has 1 rings (SSSR count). The third-order valence-electron chi connectivity index (χ3n) is 2.94. The SMILES string of the molecule is CCCCCCC(=O)NCCc1cccc(N)c1. The molecule has 0 heterocycles. The van der Waals surface area contributed by atoms with Crippen molar-refractivity contribution in [1.29, 1.82) is 0 Å². The van der Waals surface area contributed by atoms with Crippen molar-refractivity contribution in [3.05, 3.63) is 29.8 Å². The number of unbranched alkanes of at least 4 members (excludes halogenated alkanes) is 3. The van der Waals surface area contributed by atoms with Crippen molar-refractivity contribution in [2.45, 2.75) is 45.4 Å². The Morgan fingerprint density at radius 3 is 2.83 bits per heavy atom. The lowest BCUT2D eigenvalue weighted by molar-refractivity contribution is -0.121. The molecule has 3 N–H and O–H groups in total. The molecule has 18 heavy (non-hydrogen) atoms. The molecule has 0 aliphatic carbocycles. The molecule has 0 aliphatic rings. The van der Waals surface area contributed by atoms with Crippen LogP contribution in [0.2, 0.25) is 0 Å². The molecule has 0 saturated heterocycles. The van der Waals surface area contributed by atoms with Crippen molar-refractivity contribution in [2.24, 2.45) is 0 Å². The molecule has 0 bridgehead atoms. The molecule has 0 fully saturated rings. The lowest BCUT2D eigenvalue weighted by Crippen LogP contribution is -2.25. The number of hydrogen-bond acceptors (Lipinski definition) is 2. The van der Waals surface area contributed by atoms with Gasteiger partial charge in [0.2, 0.25) is 5.91 Å². The van der Waals surface area contributed by atoms with Crippen LogP contribution < -0.4 is 11.1 Å². The maximum atomic E-state index is 11.5. The number of nitrogens with one attached hydrogen (secondary N) is 1. The van der Waals surface area contributed by atoms with Gasteiger partial charge in [-0.1, -0.05) is 38.3 Å². The molecule has 3 nitrogen and oxygen atoms in total. The molecule has 0 aliphatic heterocycles. The molecule has 0 atom stereocenters. The van der Waals surface area contributed by atoms with Crippen molar-refractivity contribution >= 4 is 11.6 Å². The Labute approximate surface area is 110 Å². The van der Waals surface area contributed by atoms with Crippen molar-refractivity contribution in [3.8, 4) is 0 Å². The van der Waals surface area contributed by atoms with E-state index in [4.69, 9.17) is 5.73 Å². The van der Waals surface area contributed by atoms with Gasteiger partial charge in [-0.15, -0.1) is 0 Å². The first-order chi connectivity index (χ1) is 8.72. The first-order valence-electron chi connectivity index (χ1n) is 6.83. The fourth-order valence-corrected chi connectivity index (χ4v) is 1.90. The van der Waals surface area contributed by atoms with E-state index in [1.54, 1.807) is 0 Å². The Kier molecular flexibility index (Phi) is 6.92. The second-order valence-corrected chi connectivity index (χ2v) is 4.66. The zero-order valence-corrected chi connectivity index (χ0v) is 11.2. The van der Waals surface area contributed by atoms with Crippen LogP contribution >= 0.6 is 0 Å². The predicted octanol–water partition coefficient (Wildman–Crippen LogP) is 2.90. The summed E-state index contributed by atoms with van der Waals surface area (Å²) < 4.78 is 0. The second-order valence-electron chi connectivity index (χ2n) is 4.66. The quantitative estimate of drug-likeness (QED) is 0.549. The summed E-state index contributed by atoms with van der Waals surface area (Å²) in [5, 5.41) is 2.95. The zero-order valence-electron chi connectivity index (χ0n) is 11.2. The van der Waals surface area contributed by atoms with Gasteiger partial charge in [0.15, 0.2) is 0 Å². The van der Waals surface area contributed by atoms with E-state index in [9.17, 15) is 4.79 Å². The Morgan fingerprint density at radius 1 is 1.28 bits per heavy atom. The minimum atomic E-state index is 0.162. The summed E-state index contributed by atoms with van der Waals surface area (Å²) in [4.78, 5) is 11.5. The maximum absolute atomic E-state index is 11.5. The fraction of sp³-hybridized carbons (Fsp3) is 0.533. The molecule has 0 radical (unpaired) electrons. The first kappa shape index (κ1) is 14.6. The summed E-state index contributed by atoms with van der Waals surface area (Å²) in [5.74, 6) is 0.162. The van der Waals surface area contributed by atoms with E-state index in [0.717, 1.165) is 24.9 Å². The number of benzene rings is 1. The second kappa shape index (κ2) is 8.56. The summed E-state index contributed by atoms with van der Waals surface area (Å²) in [5.41, 5.74) is 7.64. The van der Waals surface area contributed by atoms with Gasteiger partial charge in [-0.2, -0.15) is 0 Å². The van der Waals surface area contributed by atoms with Gasteiger partial charge in [0.1, 0.15) is 0 Å². The van der Waals surface area contributed by atoms with Crippen molar-refractivity contribution < 1.29 is 4.79 Å². The van der Waals surface area contributed by atoms with E-state index in [1.165, 1.54) is 18.4 Å². The Balaban J connectivity index is 2.12. The third-order valence-corrected chi connectivity index (χ3v) is 2.94. The van der Waals surface area contributed by atoms with E-state index in [1.807, 2.05) is 24.3 Å². The molecular formula is C15H24N2O. The molecule has 100 valence electrons. The first-order valence-corrected chi connectivity index (χ1v) is 6.83. The molecule has 1 aromatic carbocycles. The van der Waals surface area contributed by atoms with Crippen LogP contribution in [0.25, 0.3) is 0 Å². The molecule has 0 spiro atoms. The monoisotopic (exact) mass is 248 g/mol. The van der Waals surface area contributed by atoms with Gasteiger partial charge < -0.3 is 11.1 Å². The summed E-state index contributed by atoms with van der Waals surface area (Å²) in [7, 11) is 0. The molecule has 1 amide bonds. The van der Waals surface area contributed by atoms with Gasteiger partial charge in [-0.3, -0.25) is 4.79 Å². The summed E-state index contributed by atoms with van der Waals surface area (Å²) >= 11 is 0. The minimum Gasteiger partial charge on any atom is -0.399 e. The summed E-state index contributed by atoms with van der Waals surface area (Å²) in [6.07, 6.45) is 6.06. The topological polar surface area (TPSA) is 55.1 Å². The van der Waals surface area contributed by atoms with Gasteiger partial charge in [0, 0.05) is 18.7 Å². The third kappa shape index (κ3) is 6.28. The number of carbonyl (C=O) groups is 1. The van der Waals surface area contributed by atoms with Crippen molar-refractivity contribution in [3.63, 3.8) is 0 Å². The average molecular weight is 248 g/mol. The Bertz CT molecular complexity index is 363. The number of anilines is 1. The van der Waals surface area contributed by atoms with Crippen LogP contribution in [-0.2, 0) is 11.2 Å². The van der Waals surface area contributed by atoms with Crippen molar-refractivity contribution in [1.82, 2.24) is 5.32 Å². The van der Waals surface area contributed by atoms with Crippen LogP contribution in [0.1, 0.15) is 44.6 Å². The molecule has 0 unspecified atom stereocenters. The summed E-state index contributed by atoms with van der Waals surface area (Å²) in [6.45, 7) is 2.86. The van der Waals surface area contributed by atoms with Crippen LogP contribution in [0, 0.1) is 0 Å². The standard InChI is InChI=1S/C15H24N2O/c1-2-3-4-5-9-15(18)17-11-10-13-7-6-8-14(16)12-13/h6-8,12H,2-5,9-11,16H2,1H3,(H,17,18). The van der Waals surface area contributed by atoms with E-state index in [2.05, 4.69) is 12.2 Å². The number of amides is 1. The van der Waals surface area contributed by atoms with Gasteiger partial charge in [-0.25, -0.2) is 0 Å². The Morgan fingerprint density at radius 2 is 2.11 bits per heavy atom. The van der Waals surface area contributed by atoms with Crippen LogP contribution in [-0.4, -0.2) is 12.5 Å². The zero-order chi connectivity index (χ0) is 13.2. The van der Waals surface area contributed by atoms with Crippen LogP contribution in [0.4, 0.5) is 5.69 Å². The van der Waals surface area contributed by atoms with Gasteiger partial charge in [0.05, 0.1) is 0 Å². The van der Waals surface area contributed by atoms with Gasteiger partial charge >= 0.3 is 0 Å². The van der Waals surface area contributed by atoms with E-state index in [0.29, 0.717) is 13.0 Å². The molecular weight excluding hydrogens is 224 g/mol. The van der Waals surface area contributed by atoms with Crippen LogP contribution in [0.5, 0.6) is 0 Å². The highest BCUT2D eigenvalue weighted by molar-refractivity contribution is 5.75. The fourth-order valence-electron chi connectivity index (χ4n) is 1.90. The lowest BCUT2D eigenvalue weighted by Gasteiger charge is -2.06. The highest BCUT2D eigenvalue weighted by atomic mass is 16.1. The van der Waals surface area contributed by atoms with Crippen LogP contribution in [0.15, 0.2) is 24.3 Å². The van der Waals surface area contributed by atoms with Gasteiger partial charge in [-0.05, 0) is 30.5 Å². The Hall–Kier alpha value is -1.51. The average Bonchev–Trinajstić information content (AvgIpc) is 2.35. The van der Waals surface area contributed by atoms with Crippen LogP contribution in [0.3, 0.4) is 0 Å². The van der Waals surface area contributed by atoms with E-state index < -0.39 is 0 Å². The maximum Gasteiger partial charge on any atom is 0.220 e.